The molecule has 0 aliphatic heterocycles. The number of hydrogen-bond acceptors (Lipinski definition) is 2. The Morgan fingerprint density at radius 1 is 1.38 bits per heavy atom. The topological polar surface area (TPSA) is 29.3 Å². The molecule has 2 nitrogen and oxygen atoms in total. The first-order valence-electron chi connectivity index (χ1n) is 6.31. The highest BCUT2D eigenvalue weighted by Crippen LogP contribution is 2.33. The van der Waals surface area contributed by atoms with Crippen molar-refractivity contribution in [3.05, 3.63) is 23.8 Å². The van der Waals surface area contributed by atoms with Crippen LogP contribution in [0.15, 0.2) is 18.2 Å². The van der Waals surface area contributed by atoms with E-state index in [9.17, 15) is 0 Å². The van der Waals surface area contributed by atoms with E-state index in [-0.39, 0.29) is 0 Å². The van der Waals surface area contributed by atoms with Gasteiger partial charge in [0.05, 0.1) is 0 Å². The number of benzene rings is 1. The van der Waals surface area contributed by atoms with E-state index in [0.29, 0.717) is 0 Å². The number of nitrogen functional groups attached to an aromatic ring is 1. The van der Waals surface area contributed by atoms with E-state index in [1.165, 1.54) is 37.1 Å². The molecule has 1 aromatic carbocycles. The van der Waals surface area contributed by atoms with E-state index in [2.05, 4.69) is 30.9 Å². The molecule has 1 aliphatic carbocycles. The Kier molecular flexibility index (Phi) is 3.37. The summed E-state index contributed by atoms with van der Waals surface area (Å²) in [6, 6.07) is 6.23. The smallest absolute Gasteiger partial charge is 0.0416 e. The van der Waals surface area contributed by atoms with Crippen LogP contribution < -0.4 is 10.6 Å². The highest BCUT2D eigenvalue weighted by atomic mass is 15.1. The molecule has 2 rings (SSSR count). The van der Waals surface area contributed by atoms with Gasteiger partial charge in [-0.3, -0.25) is 0 Å². The molecule has 0 aromatic heterocycles. The zero-order valence-corrected chi connectivity index (χ0v) is 10.4. The Balaban J connectivity index is 2.18. The monoisotopic (exact) mass is 218 g/mol. The van der Waals surface area contributed by atoms with Crippen LogP contribution in [0.25, 0.3) is 0 Å². The molecule has 16 heavy (non-hydrogen) atoms. The van der Waals surface area contributed by atoms with Crippen molar-refractivity contribution in [2.75, 3.05) is 23.7 Å². The number of nitrogens with zero attached hydrogens (tertiary/aromatic N) is 1. The van der Waals surface area contributed by atoms with E-state index in [1.807, 2.05) is 6.07 Å². The van der Waals surface area contributed by atoms with Crippen molar-refractivity contribution < 1.29 is 0 Å². The second-order valence-corrected chi connectivity index (χ2v) is 4.94. The van der Waals surface area contributed by atoms with Gasteiger partial charge in [-0.1, -0.05) is 13.0 Å². The molecular weight excluding hydrogens is 196 g/mol. The summed E-state index contributed by atoms with van der Waals surface area (Å²) in [5, 5.41) is 0. The van der Waals surface area contributed by atoms with Gasteiger partial charge in [0.2, 0.25) is 0 Å². The van der Waals surface area contributed by atoms with Gasteiger partial charge < -0.3 is 10.6 Å². The van der Waals surface area contributed by atoms with Gasteiger partial charge in [-0.05, 0) is 49.8 Å². The van der Waals surface area contributed by atoms with Crippen LogP contribution in [0.4, 0.5) is 11.4 Å². The largest absolute Gasteiger partial charge is 0.399 e. The van der Waals surface area contributed by atoms with E-state index < -0.39 is 0 Å². The molecule has 2 N–H and O–H groups in total. The number of rotatable bonds is 5. The minimum absolute atomic E-state index is 0.873. The van der Waals surface area contributed by atoms with E-state index in [0.717, 1.165) is 18.2 Å². The van der Waals surface area contributed by atoms with Crippen molar-refractivity contribution in [1.29, 1.82) is 0 Å². The van der Waals surface area contributed by atoms with Gasteiger partial charge in [0.1, 0.15) is 0 Å². The third-order valence-electron chi connectivity index (χ3n) is 3.24. The summed E-state index contributed by atoms with van der Waals surface area (Å²) in [7, 11) is 0. The Morgan fingerprint density at radius 2 is 2.12 bits per heavy atom. The predicted octanol–water partition coefficient (Wildman–Crippen LogP) is 3.20. The normalized spacial score (nSPS) is 15.1. The van der Waals surface area contributed by atoms with Gasteiger partial charge in [0.15, 0.2) is 0 Å². The minimum Gasteiger partial charge on any atom is -0.399 e. The Morgan fingerprint density at radius 3 is 2.75 bits per heavy atom. The van der Waals surface area contributed by atoms with Crippen molar-refractivity contribution in [2.24, 2.45) is 5.92 Å². The fourth-order valence-electron chi connectivity index (χ4n) is 2.16. The molecule has 0 radical (unpaired) electrons. The molecule has 0 heterocycles. The molecular formula is C14H22N2. The van der Waals surface area contributed by atoms with Gasteiger partial charge in [-0.15, -0.1) is 0 Å². The molecule has 1 fully saturated rings. The van der Waals surface area contributed by atoms with Crippen molar-refractivity contribution >= 4 is 11.4 Å². The first kappa shape index (κ1) is 11.3. The Bertz CT molecular complexity index is 356. The molecule has 0 bridgehead atoms. The van der Waals surface area contributed by atoms with Crippen LogP contribution in [0.5, 0.6) is 0 Å². The minimum atomic E-state index is 0.873. The summed E-state index contributed by atoms with van der Waals surface area (Å²) < 4.78 is 0. The second kappa shape index (κ2) is 4.77. The fourth-order valence-corrected chi connectivity index (χ4v) is 2.16. The molecule has 1 aromatic rings. The van der Waals surface area contributed by atoms with Crippen LogP contribution in [-0.4, -0.2) is 13.1 Å². The SMILES string of the molecule is CCCN(CC1CC1)c1cc(N)ccc1C. The lowest BCUT2D eigenvalue weighted by Crippen LogP contribution is -2.27. The number of anilines is 2. The fraction of sp³-hybridized carbons (Fsp3) is 0.571. The standard InChI is InChI=1S/C14H22N2/c1-3-8-16(10-12-5-6-12)14-9-13(15)7-4-11(14)2/h4,7,9,12H,3,5-6,8,10,15H2,1-2H3. The van der Waals surface area contributed by atoms with Crippen LogP contribution in [0.3, 0.4) is 0 Å². The van der Waals surface area contributed by atoms with Crippen LogP contribution in [-0.2, 0) is 0 Å². The maximum absolute atomic E-state index is 5.88. The summed E-state index contributed by atoms with van der Waals surface area (Å²) in [5.41, 5.74) is 9.42. The molecule has 2 heteroatoms. The van der Waals surface area contributed by atoms with Gasteiger partial charge in [-0.25, -0.2) is 0 Å². The third-order valence-corrected chi connectivity index (χ3v) is 3.24. The van der Waals surface area contributed by atoms with Gasteiger partial charge in [-0.2, -0.15) is 0 Å². The molecule has 0 amide bonds. The van der Waals surface area contributed by atoms with Crippen molar-refractivity contribution in [2.45, 2.75) is 33.1 Å². The number of hydrogen-bond donors (Lipinski definition) is 1. The summed E-state index contributed by atoms with van der Waals surface area (Å²) in [4.78, 5) is 2.50. The second-order valence-electron chi connectivity index (χ2n) is 4.94. The summed E-state index contributed by atoms with van der Waals surface area (Å²) in [5.74, 6) is 0.924. The summed E-state index contributed by atoms with van der Waals surface area (Å²) in [6.45, 7) is 6.75. The van der Waals surface area contributed by atoms with Crippen LogP contribution >= 0.6 is 0 Å². The maximum atomic E-state index is 5.88. The first-order valence-corrected chi connectivity index (χ1v) is 6.31. The molecule has 1 saturated carbocycles. The molecule has 0 unspecified atom stereocenters. The van der Waals surface area contributed by atoms with Crippen molar-refractivity contribution in [3.63, 3.8) is 0 Å². The Labute approximate surface area is 98.4 Å². The predicted molar refractivity (Wildman–Crippen MR) is 70.8 cm³/mol. The van der Waals surface area contributed by atoms with Crippen LogP contribution in [0.1, 0.15) is 31.7 Å². The maximum Gasteiger partial charge on any atom is 0.0416 e. The highest BCUT2D eigenvalue weighted by molar-refractivity contribution is 5.61. The van der Waals surface area contributed by atoms with Gasteiger partial charge in [0, 0.05) is 24.5 Å². The number of aryl methyl sites for hydroxylation is 1. The quantitative estimate of drug-likeness (QED) is 0.769. The molecule has 0 atom stereocenters. The van der Waals surface area contributed by atoms with Gasteiger partial charge in [0.25, 0.3) is 0 Å². The van der Waals surface area contributed by atoms with Gasteiger partial charge >= 0.3 is 0 Å². The average molecular weight is 218 g/mol. The lowest BCUT2D eigenvalue weighted by molar-refractivity contribution is 0.706. The summed E-state index contributed by atoms with van der Waals surface area (Å²) >= 11 is 0. The van der Waals surface area contributed by atoms with E-state index in [4.69, 9.17) is 5.73 Å². The number of nitrogens with two attached hydrogens (primary N) is 1. The average Bonchev–Trinajstić information content (AvgIpc) is 3.05. The summed E-state index contributed by atoms with van der Waals surface area (Å²) in [6.07, 6.45) is 4.00. The van der Waals surface area contributed by atoms with E-state index >= 15 is 0 Å². The lowest BCUT2D eigenvalue weighted by Gasteiger charge is -2.26. The Hall–Kier alpha value is -1.18. The van der Waals surface area contributed by atoms with Crippen molar-refractivity contribution in [3.8, 4) is 0 Å². The highest BCUT2D eigenvalue weighted by Gasteiger charge is 2.24. The molecule has 88 valence electrons. The third kappa shape index (κ3) is 2.69. The van der Waals surface area contributed by atoms with Crippen LogP contribution in [0.2, 0.25) is 0 Å². The van der Waals surface area contributed by atoms with Crippen LogP contribution in [0, 0.1) is 12.8 Å². The zero-order valence-electron chi connectivity index (χ0n) is 10.4. The zero-order chi connectivity index (χ0) is 11.5. The molecule has 1 aliphatic rings. The van der Waals surface area contributed by atoms with Crippen molar-refractivity contribution in [1.82, 2.24) is 0 Å². The molecule has 0 spiro atoms. The molecule has 0 saturated heterocycles. The first-order chi connectivity index (χ1) is 7.70. The van der Waals surface area contributed by atoms with E-state index in [1.54, 1.807) is 0 Å². The lowest BCUT2D eigenvalue weighted by atomic mass is 10.1.